The predicted octanol–water partition coefficient (Wildman–Crippen LogP) is 3.38. The van der Waals surface area contributed by atoms with E-state index >= 15 is 0 Å². The number of alkyl halides is 5. The number of rotatable bonds is 3. The topological polar surface area (TPSA) is 59.4 Å². The van der Waals surface area contributed by atoms with Crippen LogP contribution >= 0.6 is 15.9 Å². The quantitative estimate of drug-likeness (QED) is 0.860. The van der Waals surface area contributed by atoms with Gasteiger partial charge in [-0.1, -0.05) is 0 Å². The fourth-order valence-corrected chi connectivity index (χ4v) is 1.50. The maximum Gasteiger partial charge on any atom is 0.573 e. The van der Waals surface area contributed by atoms with Gasteiger partial charge in [0.25, 0.3) is 6.43 Å². The standard InChI is InChI=1S/C8H3BrF5NO3/c9-2-1-3(7(16)17)15-4(6(10)11)5(2)18-8(12,13)14/h1,6H,(H,16,17). The molecule has 10 heteroatoms. The zero-order valence-corrected chi connectivity index (χ0v) is 9.72. The number of pyridine rings is 1. The Labute approximate surface area is 105 Å². The number of carboxylic acid groups (broad SMARTS) is 1. The molecule has 0 unspecified atom stereocenters. The van der Waals surface area contributed by atoms with Gasteiger partial charge in [0, 0.05) is 0 Å². The molecule has 1 aromatic heterocycles. The van der Waals surface area contributed by atoms with Crippen LogP contribution < -0.4 is 4.74 Å². The van der Waals surface area contributed by atoms with Crippen LogP contribution in [0.25, 0.3) is 0 Å². The normalized spacial score (nSPS) is 11.7. The predicted molar refractivity (Wildman–Crippen MR) is 50.5 cm³/mol. The minimum absolute atomic E-state index is 0.581. The number of halogens is 6. The molecule has 0 saturated carbocycles. The van der Waals surface area contributed by atoms with E-state index in [-0.39, 0.29) is 0 Å². The van der Waals surface area contributed by atoms with E-state index < -0.39 is 40.4 Å². The summed E-state index contributed by atoms with van der Waals surface area (Å²) < 4.78 is 63.8. The Morgan fingerprint density at radius 2 is 2.00 bits per heavy atom. The van der Waals surface area contributed by atoms with Crippen LogP contribution in [0.3, 0.4) is 0 Å². The van der Waals surface area contributed by atoms with Crippen molar-refractivity contribution in [3.63, 3.8) is 0 Å². The van der Waals surface area contributed by atoms with Crippen LogP contribution in [-0.4, -0.2) is 22.4 Å². The summed E-state index contributed by atoms with van der Waals surface area (Å²) in [4.78, 5) is 13.4. The van der Waals surface area contributed by atoms with Gasteiger partial charge >= 0.3 is 12.3 Å². The number of nitrogens with zero attached hydrogens (tertiary/aromatic N) is 1. The number of ether oxygens (including phenoxy) is 1. The zero-order chi connectivity index (χ0) is 14.1. The van der Waals surface area contributed by atoms with E-state index in [9.17, 15) is 26.7 Å². The fourth-order valence-electron chi connectivity index (χ4n) is 0.995. The van der Waals surface area contributed by atoms with Crippen LogP contribution in [0.4, 0.5) is 22.0 Å². The van der Waals surface area contributed by atoms with Crippen molar-refractivity contribution in [1.82, 2.24) is 4.98 Å². The van der Waals surface area contributed by atoms with Crippen LogP contribution in [-0.2, 0) is 0 Å². The SMILES string of the molecule is O=C(O)c1cc(Br)c(OC(F)(F)F)c(C(F)F)n1. The highest BCUT2D eigenvalue weighted by molar-refractivity contribution is 9.10. The Morgan fingerprint density at radius 3 is 2.39 bits per heavy atom. The van der Waals surface area contributed by atoms with E-state index in [0.717, 1.165) is 0 Å². The molecule has 0 aliphatic rings. The largest absolute Gasteiger partial charge is 0.573 e. The lowest BCUT2D eigenvalue weighted by Gasteiger charge is -2.14. The molecule has 1 heterocycles. The van der Waals surface area contributed by atoms with Crippen molar-refractivity contribution >= 4 is 21.9 Å². The molecule has 1 N–H and O–H groups in total. The molecule has 0 aliphatic heterocycles. The van der Waals surface area contributed by atoms with Crippen molar-refractivity contribution in [2.75, 3.05) is 0 Å². The van der Waals surface area contributed by atoms with E-state index in [1.54, 1.807) is 0 Å². The Hall–Kier alpha value is -1.45. The van der Waals surface area contributed by atoms with Crippen molar-refractivity contribution in [1.29, 1.82) is 0 Å². The highest BCUT2D eigenvalue weighted by Gasteiger charge is 2.35. The van der Waals surface area contributed by atoms with E-state index in [4.69, 9.17) is 5.11 Å². The Bertz CT molecular complexity index is 477. The molecule has 0 saturated heterocycles. The van der Waals surface area contributed by atoms with Gasteiger partial charge in [0.1, 0.15) is 5.69 Å². The third kappa shape index (κ3) is 3.52. The summed E-state index contributed by atoms with van der Waals surface area (Å²) in [5.41, 5.74) is -2.23. The average molecular weight is 336 g/mol. The monoisotopic (exact) mass is 335 g/mol. The van der Waals surface area contributed by atoms with Gasteiger partial charge in [-0.25, -0.2) is 18.6 Å². The molecule has 1 rings (SSSR count). The second kappa shape index (κ2) is 5.04. The summed E-state index contributed by atoms with van der Waals surface area (Å²) in [6.07, 6.45) is -8.61. The summed E-state index contributed by atoms with van der Waals surface area (Å²) in [5.74, 6) is -2.92. The lowest BCUT2D eigenvalue weighted by atomic mass is 10.3. The Balaban J connectivity index is 3.36. The Kier molecular flexibility index (Phi) is 4.09. The highest BCUT2D eigenvalue weighted by Crippen LogP contribution is 2.37. The van der Waals surface area contributed by atoms with Crippen LogP contribution in [0.1, 0.15) is 22.6 Å². The minimum Gasteiger partial charge on any atom is -0.477 e. The molecular formula is C8H3BrF5NO3. The molecule has 0 atom stereocenters. The molecule has 0 bridgehead atoms. The summed E-state index contributed by atoms with van der Waals surface area (Å²) >= 11 is 2.53. The van der Waals surface area contributed by atoms with Crippen molar-refractivity contribution < 1.29 is 36.6 Å². The van der Waals surface area contributed by atoms with Gasteiger partial charge in [0.2, 0.25) is 0 Å². The van der Waals surface area contributed by atoms with Crippen molar-refractivity contribution in [3.05, 3.63) is 21.9 Å². The molecule has 4 nitrogen and oxygen atoms in total. The van der Waals surface area contributed by atoms with E-state index in [1.807, 2.05) is 0 Å². The first-order valence-electron chi connectivity index (χ1n) is 4.09. The van der Waals surface area contributed by atoms with Gasteiger partial charge in [-0.05, 0) is 22.0 Å². The second-order valence-corrected chi connectivity index (χ2v) is 3.71. The number of carboxylic acids is 1. The molecule has 0 amide bonds. The maximum absolute atomic E-state index is 12.5. The number of aromatic nitrogens is 1. The summed E-state index contributed by atoms with van der Waals surface area (Å²) in [6.45, 7) is 0. The van der Waals surface area contributed by atoms with Crippen LogP contribution in [0.15, 0.2) is 10.5 Å². The number of carbonyl (C=O) groups is 1. The number of aromatic carboxylic acids is 1. The molecule has 0 aromatic carbocycles. The summed E-state index contributed by atoms with van der Waals surface area (Å²) in [5, 5.41) is 8.55. The van der Waals surface area contributed by atoms with Crippen molar-refractivity contribution in [2.24, 2.45) is 0 Å². The third-order valence-electron chi connectivity index (χ3n) is 1.60. The first-order valence-corrected chi connectivity index (χ1v) is 4.88. The molecule has 0 aliphatic carbocycles. The molecule has 0 radical (unpaired) electrons. The van der Waals surface area contributed by atoms with Crippen LogP contribution in [0.2, 0.25) is 0 Å². The minimum atomic E-state index is -5.20. The molecule has 1 aromatic rings. The lowest BCUT2D eigenvalue weighted by molar-refractivity contribution is -0.275. The van der Waals surface area contributed by atoms with Gasteiger partial charge in [0.05, 0.1) is 4.47 Å². The molecular weight excluding hydrogens is 333 g/mol. The smallest absolute Gasteiger partial charge is 0.477 e. The zero-order valence-electron chi connectivity index (χ0n) is 8.13. The summed E-state index contributed by atoms with van der Waals surface area (Å²) in [6, 6.07) is 0.634. The van der Waals surface area contributed by atoms with Crippen molar-refractivity contribution in [2.45, 2.75) is 12.8 Å². The van der Waals surface area contributed by atoms with E-state index in [2.05, 4.69) is 25.7 Å². The number of hydrogen-bond acceptors (Lipinski definition) is 3. The van der Waals surface area contributed by atoms with E-state index in [0.29, 0.717) is 6.07 Å². The molecule has 18 heavy (non-hydrogen) atoms. The maximum atomic E-state index is 12.5. The van der Waals surface area contributed by atoms with Gasteiger partial charge in [-0.15, -0.1) is 13.2 Å². The first-order chi connectivity index (χ1) is 8.11. The lowest BCUT2D eigenvalue weighted by Crippen LogP contribution is -2.19. The summed E-state index contributed by atoms with van der Waals surface area (Å²) in [7, 11) is 0. The fraction of sp³-hybridized carbons (Fsp3) is 0.250. The van der Waals surface area contributed by atoms with Crippen LogP contribution in [0.5, 0.6) is 5.75 Å². The number of hydrogen-bond donors (Lipinski definition) is 1. The van der Waals surface area contributed by atoms with E-state index in [1.165, 1.54) is 0 Å². The molecule has 0 fully saturated rings. The highest BCUT2D eigenvalue weighted by atomic mass is 79.9. The first kappa shape index (κ1) is 14.6. The van der Waals surface area contributed by atoms with Gasteiger partial charge in [0.15, 0.2) is 11.4 Å². The van der Waals surface area contributed by atoms with Gasteiger partial charge in [-0.2, -0.15) is 0 Å². The van der Waals surface area contributed by atoms with Crippen molar-refractivity contribution in [3.8, 4) is 5.75 Å². The second-order valence-electron chi connectivity index (χ2n) is 2.86. The van der Waals surface area contributed by atoms with Gasteiger partial charge in [-0.3, -0.25) is 0 Å². The third-order valence-corrected chi connectivity index (χ3v) is 2.19. The van der Waals surface area contributed by atoms with Crippen LogP contribution in [0, 0.1) is 0 Å². The molecule has 100 valence electrons. The molecule has 0 spiro atoms. The average Bonchev–Trinajstić information content (AvgIpc) is 2.18. The Morgan fingerprint density at radius 1 is 1.44 bits per heavy atom. The van der Waals surface area contributed by atoms with Gasteiger partial charge < -0.3 is 9.84 Å².